The van der Waals surface area contributed by atoms with Crippen molar-refractivity contribution in [2.45, 2.75) is 18.6 Å². The number of fused-ring (bicyclic) bond motifs is 1. The predicted molar refractivity (Wildman–Crippen MR) is 39.0 cm³/mol. The Bertz CT molecular complexity index is 181. The minimum atomic E-state index is -0.449. The Morgan fingerprint density at radius 2 is 2.36 bits per heavy atom. The molecule has 0 aromatic carbocycles. The molecule has 0 spiro atoms. The average Bonchev–Trinajstić information content (AvgIpc) is 2.34. The Kier molecular flexibility index (Phi) is 1.58. The van der Waals surface area contributed by atoms with Crippen LogP contribution in [0.4, 0.5) is 0 Å². The zero-order valence-electron chi connectivity index (χ0n) is 6.29. The van der Waals surface area contributed by atoms with E-state index in [4.69, 9.17) is 0 Å². The van der Waals surface area contributed by atoms with Crippen molar-refractivity contribution in [1.82, 2.24) is 10.2 Å². The van der Waals surface area contributed by atoms with Gasteiger partial charge in [-0.15, -0.1) is 0 Å². The quantitative estimate of drug-likeness (QED) is 0.451. The maximum absolute atomic E-state index is 11.2. The van der Waals surface area contributed by atoms with Gasteiger partial charge in [0.1, 0.15) is 6.04 Å². The van der Waals surface area contributed by atoms with Crippen LogP contribution in [0.1, 0.15) is 6.42 Å². The lowest BCUT2D eigenvalue weighted by atomic mass is 10.1. The Morgan fingerprint density at radius 1 is 1.55 bits per heavy atom. The Morgan fingerprint density at radius 3 is 3.09 bits per heavy atom. The molecule has 4 nitrogen and oxygen atoms in total. The van der Waals surface area contributed by atoms with E-state index in [1.54, 1.807) is 0 Å². The molecule has 2 rings (SSSR count). The lowest BCUT2D eigenvalue weighted by Crippen LogP contribution is -2.55. The summed E-state index contributed by atoms with van der Waals surface area (Å²) in [6.45, 7) is 2.47. The van der Waals surface area contributed by atoms with Gasteiger partial charge in [0, 0.05) is 19.6 Å². The highest BCUT2D eigenvalue weighted by molar-refractivity contribution is 5.83. The van der Waals surface area contributed by atoms with Crippen LogP contribution >= 0.6 is 0 Å². The van der Waals surface area contributed by atoms with Gasteiger partial charge < -0.3 is 10.4 Å². The van der Waals surface area contributed by atoms with Crippen molar-refractivity contribution in [3.63, 3.8) is 0 Å². The first-order valence-corrected chi connectivity index (χ1v) is 3.99. The Balaban J connectivity index is 2.14. The first-order chi connectivity index (χ1) is 5.29. The van der Waals surface area contributed by atoms with E-state index >= 15 is 0 Å². The normalized spacial score (nSPS) is 38.5. The molecule has 1 unspecified atom stereocenters. The van der Waals surface area contributed by atoms with Crippen molar-refractivity contribution < 1.29 is 9.90 Å². The number of nitrogens with one attached hydrogen (secondary N) is 1. The molecule has 0 radical (unpaired) electrons. The highest BCUT2D eigenvalue weighted by Crippen LogP contribution is 2.19. The molecule has 62 valence electrons. The summed E-state index contributed by atoms with van der Waals surface area (Å²) in [5, 5.41) is 12.1. The smallest absolute Gasteiger partial charge is 0.240 e. The number of carbonyl (C=O) groups is 1. The third kappa shape index (κ3) is 1.02. The molecule has 11 heavy (non-hydrogen) atoms. The molecule has 2 heterocycles. The minimum Gasteiger partial charge on any atom is -0.391 e. The van der Waals surface area contributed by atoms with Crippen LogP contribution in [0.3, 0.4) is 0 Å². The number of amides is 1. The second-order valence-corrected chi connectivity index (χ2v) is 3.13. The molecule has 0 aliphatic carbocycles. The fourth-order valence-corrected chi connectivity index (χ4v) is 1.86. The number of aliphatic hydroxyl groups is 1. The largest absolute Gasteiger partial charge is 0.391 e. The summed E-state index contributed by atoms with van der Waals surface area (Å²) in [7, 11) is 0. The zero-order chi connectivity index (χ0) is 7.84. The first-order valence-electron chi connectivity index (χ1n) is 3.99. The fraction of sp³-hybridized carbons (Fsp3) is 0.857. The average molecular weight is 156 g/mol. The van der Waals surface area contributed by atoms with Gasteiger partial charge in [0.15, 0.2) is 0 Å². The number of nitrogens with zero attached hydrogens (tertiary/aromatic N) is 1. The van der Waals surface area contributed by atoms with Crippen LogP contribution in [-0.2, 0) is 4.79 Å². The van der Waals surface area contributed by atoms with E-state index in [9.17, 15) is 9.90 Å². The van der Waals surface area contributed by atoms with E-state index in [1.165, 1.54) is 0 Å². The number of hydrogen-bond acceptors (Lipinski definition) is 3. The Labute approximate surface area is 65.2 Å². The molecule has 0 saturated carbocycles. The third-order valence-electron chi connectivity index (χ3n) is 2.44. The van der Waals surface area contributed by atoms with Gasteiger partial charge in [-0.2, -0.15) is 0 Å². The topological polar surface area (TPSA) is 52.6 Å². The molecule has 2 aliphatic rings. The SMILES string of the molecule is O=C1NCCN2CC[C@H](O)C12. The van der Waals surface area contributed by atoms with E-state index in [2.05, 4.69) is 5.32 Å². The summed E-state index contributed by atoms with van der Waals surface area (Å²) in [5.41, 5.74) is 0. The standard InChI is InChI=1S/C7H12N2O2/c10-5-1-3-9-4-2-8-7(11)6(5)9/h5-6,10H,1-4H2,(H,8,11)/t5-,6?/m0/s1. The minimum absolute atomic E-state index is 0.0127. The Hall–Kier alpha value is -0.610. The van der Waals surface area contributed by atoms with Crippen LogP contribution in [0.25, 0.3) is 0 Å². The summed E-state index contributed by atoms with van der Waals surface area (Å²) in [6.07, 6.45) is 0.285. The van der Waals surface area contributed by atoms with E-state index < -0.39 is 6.10 Å². The third-order valence-corrected chi connectivity index (χ3v) is 2.44. The lowest BCUT2D eigenvalue weighted by Gasteiger charge is -2.29. The maximum Gasteiger partial charge on any atom is 0.240 e. The summed E-state index contributed by atoms with van der Waals surface area (Å²) < 4.78 is 0. The van der Waals surface area contributed by atoms with Gasteiger partial charge in [0.05, 0.1) is 6.10 Å². The molecule has 2 aliphatic heterocycles. The summed E-state index contributed by atoms with van der Waals surface area (Å²) >= 11 is 0. The molecule has 0 aromatic heterocycles. The highest BCUT2D eigenvalue weighted by atomic mass is 16.3. The van der Waals surface area contributed by atoms with Crippen molar-refractivity contribution in [1.29, 1.82) is 0 Å². The van der Waals surface area contributed by atoms with Gasteiger partial charge in [-0.25, -0.2) is 0 Å². The maximum atomic E-state index is 11.2. The van der Waals surface area contributed by atoms with Gasteiger partial charge >= 0.3 is 0 Å². The van der Waals surface area contributed by atoms with Gasteiger partial charge in [-0.3, -0.25) is 9.69 Å². The van der Waals surface area contributed by atoms with E-state index in [0.717, 1.165) is 26.1 Å². The summed E-state index contributed by atoms with van der Waals surface area (Å²) in [6, 6.07) is -0.260. The highest BCUT2D eigenvalue weighted by Gasteiger charge is 2.39. The second kappa shape index (κ2) is 2.46. The molecule has 1 amide bonds. The van der Waals surface area contributed by atoms with E-state index in [-0.39, 0.29) is 11.9 Å². The number of hydrogen-bond donors (Lipinski definition) is 2. The molecule has 2 N–H and O–H groups in total. The molecule has 4 heteroatoms. The first kappa shape index (κ1) is 7.06. The van der Waals surface area contributed by atoms with Gasteiger partial charge in [-0.05, 0) is 6.42 Å². The van der Waals surface area contributed by atoms with Crippen molar-refractivity contribution in [3.8, 4) is 0 Å². The van der Waals surface area contributed by atoms with Crippen molar-refractivity contribution in [3.05, 3.63) is 0 Å². The molecule has 2 fully saturated rings. The van der Waals surface area contributed by atoms with Gasteiger partial charge in [0.2, 0.25) is 5.91 Å². The van der Waals surface area contributed by atoms with Gasteiger partial charge in [0.25, 0.3) is 0 Å². The molecule has 2 saturated heterocycles. The van der Waals surface area contributed by atoms with Crippen molar-refractivity contribution in [2.24, 2.45) is 0 Å². The van der Waals surface area contributed by atoms with Crippen LogP contribution in [-0.4, -0.2) is 47.7 Å². The summed E-state index contributed by atoms with van der Waals surface area (Å²) in [5.74, 6) is -0.0127. The van der Waals surface area contributed by atoms with Crippen LogP contribution in [0.15, 0.2) is 0 Å². The molecular weight excluding hydrogens is 144 g/mol. The number of aliphatic hydroxyl groups excluding tert-OH is 1. The lowest BCUT2D eigenvalue weighted by molar-refractivity contribution is -0.130. The van der Waals surface area contributed by atoms with Crippen LogP contribution in [0.2, 0.25) is 0 Å². The van der Waals surface area contributed by atoms with E-state index in [0.29, 0.717) is 0 Å². The number of piperazine rings is 1. The van der Waals surface area contributed by atoms with Gasteiger partial charge in [-0.1, -0.05) is 0 Å². The molecule has 2 atom stereocenters. The summed E-state index contributed by atoms with van der Waals surface area (Å²) in [4.78, 5) is 13.2. The van der Waals surface area contributed by atoms with Crippen molar-refractivity contribution >= 4 is 5.91 Å². The predicted octanol–water partition coefficient (Wildman–Crippen LogP) is -1.45. The monoisotopic (exact) mass is 156 g/mol. The molecular formula is C7H12N2O2. The van der Waals surface area contributed by atoms with Crippen LogP contribution < -0.4 is 5.32 Å². The molecule has 0 bridgehead atoms. The van der Waals surface area contributed by atoms with E-state index in [1.807, 2.05) is 4.90 Å². The van der Waals surface area contributed by atoms with Crippen LogP contribution in [0.5, 0.6) is 0 Å². The number of rotatable bonds is 0. The number of carbonyl (C=O) groups excluding carboxylic acids is 1. The molecule has 0 aromatic rings. The fourth-order valence-electron chi connectivity index (χ4n) is 1.86. The second-order valence-electron chi connectivity index (χ2n) is 3.13. The van der Waals surface area contributed by atoms with Crippen LogP contribution in [0, 0.1) is 0 Å². The zero-order valence-corrected chi connectivity index (χ0v) is 6.29. The van der Waals surface area contributed by atoms with Crippen molar-refractivity contribution in [2.75, 3.05) is 19.6 Å².